The Hall–Kier alpha value is -1.70. The van der Waals surface area contributed by atoms with Gasteiger partial charge in [0.2, 0.25) is 11.8 Å². The lowest BCUT2D eigenvalue weighted by Gasteiger charge is -2.34. The smallest absolute Gasteiger partial charge is 0.350 e. The molecule has 0 aromatic heterocycles. The normalized spacial score (nSPS) is 22.7. The summed E-state index contributed by atoms with van der Waals surface area (Å²) in [5.74, 6) is 0.659. The molecule has 8 heteroatoms. The predicted molar refractivity (Wildman–Crippen MR) is 116 cm³/mol. The zero-order valence-electron chi connectivity index (χ0n) is 18.1. The maximum absolute atomic E-state index is 13.3. The molecule has 2 unspecified atom stereocenters. The summed E-state index contributed by atoms with van der Waals surface area (Å²) in [4.78, 5) is 28.1. The molecule has 0 bridgehead atoms. The average Bonchev–Trinajstić information content (AvgIpc) is 3.14. The number of thioether (sulfide) groups is 1. The van der Waals surface area contributed by atoms with E-state index >= 15 is 0 Å². The van der Waals surface area contributed by atoms with Crippen molar-refractivity contribution in [1.29, 1.82) is 0 Å². The average molecular weight is 457 g/mol. The van der Waals surface area contributed by atoms with Crippen molar-refractivity contribution in [3.63, 3.8) is 0 Å². The van der Waals surface area contributed by atoms with Gasteiger partial charge in [-0.25, -0.2) is 0 Å². The predicted octanol–water partition coefficient (Wildman–Crippen LogP) is 5.22. The summed E-state index contributed by atoms with van der Waals surface area (Å²) < 4.78 is 38.8. The van der Waals surface area contributed by atoms with Crippen molar-refractivity contribution in [2.45, 2.75) is 76.5 Å². The van der Waals surface area contributed by atoms with Gasteiger partial charge in [0.1, 0.15) is 6.04 Å². The van der Waals surface area contributed by atoms with Crippen LogP contribution in [0.15, 0.2) is 24.3 Å². The van der Waals surface area contributed by atoms with Gasteiger partial charge in [0.05, 0.1) is 10.9 Å². The molecule has 0 spiro atoms. The maximum Gasteiger partial charge on any atom is 0.416 e. The van der Waals surface area contributed by atoms with Crippen molar-refractivity contribution in [3.05, 3.63) is 35.4 Å². The molecule has 1 aliphatic carbocycles. The molecular formula is C23H31F3N2O2S. The summed E-state index contributed by atoms with van der Waals surface area (Å²) in [6.45, 7) is 4.21. The van der Waals surface area contributed by atoms with Crippen molar-refractivity contribution in [2.75, 3.05) is 5.75 Å². The zero-order chi connectivity index (χ0) is 22.6. The lowest BCUT2D eigenvalue weighted by atomic mass is 9.87. The van der Waals surface area contributed by atoms with Gasteiger partial charge in [-0.15, -0.1) is 11.8 Å². The van der Waals surface area contributed by atoms with Crippen LogP contribution in [0.2, 0.25) is 0 Å². The zero-order valence-corrected chi connectivity index (χ0v) is 18.9. The second kappa shape index (κ2) is 10.3. The minimum Gasteiger partial charge on any atom is -0.350 e. The summed E-state index contributed by atoms with van der Waals surface area (Å²) in [6, 6.07) is 4.39. The molecule has 3 rings (SSSR count). The number of carbonyl (C=O) groups excluding carboxylic acids is 2. The van der Waals surface area contributed by atoms with Crippen LogP contribution in [-0.2, 0) is 22.3 Å². The SMILES string of the molecule is CC(C)CC1SCC(C(=O)NCc2cccc(C(F)(F)F)c2)N1C(=O)C1CCCCC1. The highest BCUT2D eigenvalue weighted by atomic mass is 32.2. The van der Waals surface area contributed by atoms with Crippen LogP contribution in [0.1, 0.15) is 63.5 Å². The van der Waals surface area contributed by atoms with Crippen LogP contribution in [0.4, 0.5) is 13.2 Å². The fourth-order valence-corrected chi connectivity index (χ4v) is 6.02. The monoisotopic (exact) mass is 456 g/mol. The van der Waals surface area contributed by atoms with Gasteiger partial charge in [0.25, 0.3) is 0 Å². The first-order chi connectivity index (χ1) is 14.7. The van der Waals surface area contributed by atoms with Crippen molar-refractivity contribution < 1.29 is 22.8 Å². The second-order valence-corrected chi connectivity index (χ2v) is 10.1. The number of nitrogens with zero attached hydrogens (tertiary/aromatic N) is 1. The van der Waals surface area contributed by atoms with Gasteiger partial charge in [0, 0.05) is 18.2 Å². The lowest BCUT2D eigenvalue weighted by Crippen LogP contribution is -2.51. The third kappa shape index (κ3) is 6.18. The molecule has 1 aromatic carbocycles. The molecule has 4 nitrogen and oxygen atoms in total. The summed E-state index contributed by atoms with van der Waals surface area (Å²) in [7, 11) is 0. The molecule has 2 amide bonds. The number of amides is 2. The van der Waals surface area contributed by atoms with Crippen LogP contribution in [0.3, 0.4) is 0 Å². The number of alkyl halides is 3. The van der Waals surface area contributed by atoms with E-state index in [1.165, 1.54) is 6.07 Å². The van der Waals surface area contributed by atoms with Gasteiger partial charge < -0.3 is 10.2 Å². The number of carbonyl (C=O) groups is 2. The molecule has 2 fully saturated rings. The van der Waals surface area contributed by atoms with Gasteiger partial charge in [-0.1, -0.05) is 45.2 Å². The highest BCUT2D eigenvalue weighted by Crippen LogP contribution is 2.37. The highest BCUT2D eigenvalue weighted by Gasteiger charge is 2.43. The van der Waals surface area contributed by atoms with E-state index in [0.29, 0.717) is 17.2 Å². The second-order valence-electron chi connectivity index (χ2n) is 8.93. The number of hydrogen-bond donors (Lipinski definition) is 1. The van der Waals surface area contributed by atoms with E-state index in [0.717, 1.165) is 50.7 Å². The van der Waals surface area contributed by atoms with Crippen LogP contribution in [0, 0.1) is 11.8 Å². The summed E-state index contributed by atoms with van der Waals surface area (Å²) >= 11 is 1.63. The van der Waals surface area contributed by atoms with Gasteiger partial charge >= 0.3 is 6.18 Å². The van der Waals surface area contributed by atoms with Gasteiger partial charge in [-0.3, -0.25) is 9.59 Å². The Kier molecular flexibility index (Phi) is 7.94. The summed E-state index contributed by atoms with van der Waals surface area (Å²) in [5.41, 5.74) is -0.348. The van der Waals surface area contributed by atoms with E-state index in [9.17, 15) is 22.8 Å². The molecule has 31 heavy (non-hydrogen) atoms. The summed E-state index contributed by atoms with van der Waals surface area (Å²) in [6.07, 6.45) is 1.36. The third-order valence-electron chi connectivity index (χ3n) is 6.00. The Morgan fingerprint density at radius 2 is 1.90 bits per heavy atom. The molecule has 1 aliphatic heterocycles. The topological polar surface area (TPSA) is 49.4 Å². The Balaban J connectivity index is 1.69. The fourth-order valence-electron chi connectivity index (χ4n) is 4.37. The first-order valence-corrected chi connectivity index (χ1v) is 12.1. The van der Waals surface area contributed by atoms with Crippen molar-refractivity contribution in [3.8, 4) is 0 Å². The molecule has 172 valence electrons. The van der Waals surface area contributed by atoms with E-state index in [2.05, 4.69) is 19.2 Å². The first-order valence-electron chi connectivity index (χ1n) is 11.0. The Morgan fingerprint density at radius 3 is 2.55 bits per heavy atom. The maximum atomic E-state index is 13.3. The third-order valence-corrected chi connectivity index (χ3v) is 7.31. The fraction of sp³-hybridized carbons (Fsp3) is 0.652. The van der Waals surface area contributed by atoms with Crippen LogP contribution >= 0.6 is 11.8 Å². The lowest BCUT2D eigenvalue weighted by molar-refractivity contribution is -0.144. The molecule has 1 heterocycles. The summed E-state index contributed by atoms with van der Waals surface area (Å²) in [5, 5.41) is 2.74. The van der Waals surface area contributed by atoms with Crippen LogP contribution < -0.4 is 5.32 Å². The molecular weight excluding hydrogens is 425 g/mol. The molecule has 2 aliphatic rings. The van der Waals surface area contributed by atoms with Crippen LogP contribution in [0.25, 0.3) is 0 Å². The minimum atomic E-state index is -4.42. The van der Waals surface area contributed by atoms with Crippen molar-refractivity contribution in [2.24, 2.45) is 11.8 Å². The number of nitrogens with one attached hydrogen (secondary N) is 1. The Bertz CT molecular complexity index is 778. The standard InChI is InChI=1S/C23H31F3N2O2S/c1-15(2)11-20-28(22(30)17-8-4-3-5-9-17)19(14-31-20)21(29)27-13-16-7-6-10-18(12-16)23(24,25)26/h6-7,10,12,15,17,19-20H,3-5,8-9,11,13-14H2,1-2H3,(H,27,29). The number of hydrogen-bond acceptors (Lipinski definition) is 3. The van der Waals surface area contributed by atoms with E-state index in [-0.39, 0.29) is 29.7 Å². The van der Waals surface area contributed by atoms with Gasteiger partial charge in [-0.05, 0) is 42.9 Å². The molecule has 0 radical (unpaired) electrons. The molecule has 2 atom stereocenters. The quantitative estimate of drug-likeness (QED) is 0.639. The van der Waals surface area contributed by atoms with Crippen molar-refractivity contribution in [1.82, 2.24) is 10.2 Å². The minimum absolute atomic E-state index is 0.00419. The van der Waals surface area contributed by atoms with Gasteiger partial charge in [-0.2, -0.15) is 13.2 Å². The van der Waals surface area contributed by atoms with Gasteiger partial charge in [0.15, 0.2) is 0 Å². The van der Waals surface area contributed by atoms with Crippen LogP contribution in [0.5, 0.6) is 0 Å². The molecule has 1 aromatic rings. The van der Waals surface area contributed by atoms with Crippen LogP contribution in [-0.4, -0.2) is 33.9 Å². The Labute approximate surface area is 186 Å². The van der Waals surface area contributed by atoms with E-state index in [1.807, 2.05) is 0 Å². The van der Waals surface area contributed by atoms with E-state index < -0.39 is 17.8 Å². The number of rotatable bonds is 6. The number of benzene rings is 1. The molecule has 1 saturated heterocycles. The first kappa shape index (κ1) is 24.0. The molecule has 1 saturated carbocycles. The largest absolute Gasteiger partial charge is 0.416 e. The van der Waals surface area contributed by atoms with E-state index in [4.69, 9.17) is 0 Å². The molecule has 1 N–H and O–H groups in total. The Morgan fingerprint density at radius 1 is 1.19 bits per heavy atom. The van der Waals surface area contributed by atoms with E-state index in [1.54, 1.807) is 22.7 Å². The highest BCUT2D eigenvalue weighted by molar-refractivity contribution is 8.00. The number of halogens is 3. The van der Waals surface area contributed by atoms with Crippen molar-refractivity contribution >= 4 is 23.6 Å².